The Labute approximate surface area is 85.9 Å². The molecule has 4 atom stereocenters. The Balaban J connectivity index is 2.41. The number of methoxy groups -OCH3 is 1. The van der Waals surface area contributed by atoms with Crippen molar-refractivity contribution >= 4 is 7.85 Å². The smallest absolute Gasteiger partial charge is 0.142 e. The Morgan fingerprint density at radius 2 is 2.14 bits per heavy atom. The first-order chi connectivity index (χ1) is 6.56. The Morgan fingerprint density at radius 3 is 2.57 bits per heavy atom. The second-order valence-corrected chi connectivity index (χ2v) is 3.95. The van der Waals surface area contributed by atoms with E-state index in [-0.39, 0.29) is 24.3 Å². The van der Waals surface area contributed by atoms with Gasteiger partial charge in [-0.25, -0.2) is 0 Å². The minimum Gasteiger partial charge on any atom is -0.388 e. The molecule has 0 saturated carbocycles. The van der Waals surface area contributed by atoms with E-state index >= 15 is 0 Å². The van der Waals surface area contributed by atoms with Gasteiger partial charge in [-0.1, -0.05) is 0 Å². The van der Waals surface area contributed by atoms with E-state index in [9.17, 15) is 5.11 Å². The van der Waals surface area contributed by atoms with E-state index in [1.807, 2.05) is 21.7 Å². The largest absolute Gasteiger partial charge is 0.388 e. The van der Waals surface area contributed by atoms with Gasteiger partial charge in [-0.15, -0.1) is 0 Å². The summed E-state index contributed by atoms with van der Waals surface area (Å²) in [5.74, 6) is 0. The number of aliphatic hydroxyl groups excluding tert-OH is 1. The molecule has 1 aliphatic heterocycles. The molecular formula is C9H19BO4. The summed E-state index contributed by atoms with van der Waals surface area (Å²) in [4.78, 5) is 0. The highest BCUT2D eigenvalue weighted by Gasteiger charge is 2.41. The number of ether oxygens (including phenoxy) is 3. The molecule has 0 spiro atoms. The summed E-state index contributed by atoms with van der Waals surface area (Å²) in [6, 6.07) is -0.0734. The lowest BCUT2D eigenvalue weighted by molar-refractivity contribution is -0.0504. The molecule has 0 aromatic heterocycles. The predicted octanol–water partition coefficient (Wildman–Crippen LogP) is -0.855. The molecule has 0 aliphatic carbocycles. The van der Waals surface area contributed by atoms with Gasteiger partial charge >= 0.3 is 0 Å². The number of hydrogen-bond donors (Lipinski definition) is 1. The van der Waals surface area contributed by atoms with Crippen molar-refractivity contribution in [1.82, 2.24) is 0 Å². The average molecular weight is 202 g/mol. The highest BCUT2D eigenvalue weighted by Crippen LogP contribution is 2.22. The molecule has 0 radical (unpaired) electrons. The predicted molar refractivity (Wildman–Crippen MR) is 55.1 cm³/mol. The van der Waals surface area contributed by atoms with Crippen LogP contribution in [0, 0.1) is 0 Å². The Bertz CT molecular complexity index is 176. The van der Waals surface area contributed by atoms with Crippen molar-refractivity contribution in [2.45, 2.75) is 44.3 Å². The molecule has 0 aromatic carbocycles. The molecule has 82 valence electrons. The van der Waals surface area contributed by atoms with Crippen LogP contribution in [0.15, 0.2) is 0 Å². The van der Waals surface area contributed by atoms with E-state index in [4.69, 9.17) is 14.2 Å². The molecule has 4 unspecified atom stereocenters. The first-order valence-corrected chi connectivity index (χ1v) is 5.04. The van der Waals surface area contributed by atoms with Crippen molar-refractivity contribution in [3.05, 3.63) is 0 Å². The van der Waals surface area contributed by atoms with E-state index < -0.39 is 6.10 Å². The third kappa shape index (κ3) is 2.70. The first-order valence-electron chi connectivity index (χ1n) is 5.04. The zero-order valence-corrected chi connectivity index (χ0v) is 9.27. The van der Waals surface area contributed by atoms with E-state index in [1.54, 1.807) is 7.11 Å². The fourth-order valence-corrected chi connectivity index (χ4v) is 1.68. The molecule has 1 aliphatic rings. The summed E-state index contributed by atoms with van der Waals surface area (Å²) in [5, 5.41) is 9.80. The standard InChI is InChI=1S/C9H19BO4/c1-5(2)13-4-6-7(11)8(12-3)9(10)14-6/h5-9,11H,4,10H2,1-3H3. The average Bonchev–Trinajstić information content (AvgIpc) is 2.38. The molecule has 1 fully saturated rings. The summed E-state index contributed by atoms with van der Waals surface area (Å²) in [6.45, 7) is 4.33. The van der Waals surface area contributed by atoms with Gasteiger partial charge in [-0.2, -0.15) is 0 Å². The monoisotopic (exact) mass is 202 g/mol. The van der Waals surface area contributed by atoms with Crippen LogP contribution in [0.25, 0.3) is 0 Å². The van der Waals surface area contributed by atoms with Crippen molar-refractivity contribution in [3.8, 4) is 0 Å². The van der Waals surface area contributed by atoms with Crippen LogP contribution in [-0.4, -0.2) is 57.1 Å². The van der Waals surface area contributed by atoms with Gasteiger partial charge in [0.15, 0.2) is 0 Å². The van der Waals surface area contributed by atoms with Crippen molar-refractivity contribution in [2.24, 2.45) is 0 Å². The van der Waals surface area contributed by atoms with Gasteiger partial charge in [0.25, 0.3) is 0 Å². The Kier molecular flexibility index (Phi) is 4.38. The second kappa shape index (κ2) is 5.12. The van der Waals surface area contributed by atoms with Crippen LogP contribution in [0.5, 0.6) is 0 Å². The van der Waals surface area contributed by atoms with E-state index in [1.165, 1.54) is 0 Å². The molecule has 0 amide bonds. The quantitative estimate of drug-likeness (QED) is 0.603. The lowest BCUT2D eigenvalue weighted by Crippen LogP contribution is -2.36. The summed E-state index contributed by atoms with van der Waals surface area (Å²) in [7, 11) is 3.48. The Morgan fingerprint density at radius 1 is 1.50 bits per heavy atom. The second-order valence-electron chi connectivity index (χ2n) is 3.95. The van der Waals surface area contributed by atoms with E-state index in [0.29, 0.717) is 6.61 Å². The van der Waals surface area contributed by atoms with Crippen molar-refractivity contribution in [1.29, 1.82) is 0 Å². The third-order valence-electron chi connectivity index (χ3n) is 2.44. The minimum absolute atomic E-state index is 0.0734. The first kappa shape index (κ1) is 12.0. The summed E-state index contributed by atoms with van der Waals surface area (Å²) < 4.78 is 16.1. The number of aliphatic hydroxyl groups is 1. The fourth-order valence-electron chi connectivity index (χ4n) is 1.68. The molecule has 1 N–H and O–H groups in total. The highest BCUT2D eigenvalue weighted by molar-refractivity contribution is 6.11. The third-order valence-corrected chi connectivity index (χ3v) is 2.44. The number of rotatable bonds is 4. The van der Waals surface area contributed by atoms with Crippen LogP contribution in [0.2, 0.25) is 0 Å². The van der Waals surface area contributed by atoms with Crippen LogP contribution < -0.4 is 0 Å². The van der Waals surface area contributed by atoms with Gasteiger partial charge in [-0.05, 0) is 13.8 Å². The SMILES string of the molecule is BC1OC(COC(C)C)C(O)C1OC. The minimum atomic E-state index is -0.589. The van der Waals surface area contributed by atoms with Crippen molar-refractivity contribution < 1.29 is 19.3 Å². The molecule has 1 rings (SSSR count). The zero-order chi connectivity index (χ0) is 10.7. The van der Waals surface area contributed by atoms with Crippen molar-refractivity contribution in [2.75, 3.05) is 13.7 Å². The highest BCUT2D eigenvalue weighted by atomic mass is 16.6. The van der Waals surface area contributed by atoms with Crippen LogP contribution in [0.3, 0.4) is 0 Å². The lowest BCUT2D eigenvalue weighted by Gasteiger charge is -2.17. The number of hydrogen-bond acceptors (Lipinski definition) is 4. The van der Waals surface area contributed by atoms with Crippen LogP contribution in [0.4, 0.5) is 0 Å². The van der Waals surface area contributed by atoms with Gasteiger partial charge in [-0.3, -0.25) is 0 Å². The van der Waals surface area contributed by atoms with Gasteiger partial charge in [0.2, 0.25) is 0 Å². The zero-order valence-electron chi connectivity index (χ0n) is 9.27. The molecule has 4 nitrogen and oxygen atoms in total. The maximum absolute atomic E-state index is 9.80. The van der Waals surface area contributed by atoms with Crippen molar-refractivity contribution in [3.63, 3.8) is 0 Å². The van der Waals surface area contributed by atoms with Gasteiger partial charge in [0.05, 0.1) is 18.7 Å². The molecule has 0 bridgehead atoms. The van der Waals surface area contributed by atoms with E-state index in [0.717, 1.165) is 0 Å². The topological polar surface area (TPSA) is 47.9 Å². The van der Waals surface area contributed by atoms with Crippen LogP contribution in [-0.2, 0) is 14.2 Å². The normalized spacial score (nSPS) is 38.1. The Hall–Kier alpha value is -0.0951. The summed E-state index contributed by atoms with van der Waals surface area (Å²) in [6.07, 6.45) is -0.940. The molecule has 14 heavy (non-hydrogen) atoms. The van der Waals surface area contributed by atoms with Crippen LogP contribution in [0.1, 0.15) is 13.8 Å². The lowest BCUT2D eigenvalue weighted by atomic mass is 9.93. The molecule has 1 heterocycles. The van der Waals surface area contributed by atoms with Gasteiger partial charge < -0.3 is 19.3 Å². The van der Waals surface area contributed by atoms with Gasteiger partial charge in [0, 0.05) is 7.11 Å². The van der Waals surface area contributed by atoms with Crippen LogP contribution >= 0.6 is 0 Å². The molecule has 0 aromatic rings. The molecule has 5 heteroatoms. The van der Waals surface area contributed by atoms with Gasteiger partial charge in [0.1, 0.15) is 26.2 Å². The molecular weight excluding hydrogens is 183 g/mol. The fraction of sp³-hybridized carbons (Fsp3) is 1.00. The summed E-state index contributed by atoms with van der Waals surface area (Å²) in [5.41, 5.74) is 0. The maximum Gasteiger partial charge on any atom is 0.142 e. The maximum atomic E-state index is 9.80. The van der Waals surface area contributed by atoms with E-state index in [2.05, 4.69) is 0 Å². The molecule has 1 saturated heterocycles. The summed E-state index contributed by atoms with van der Waals surface area (Å²) >= 11 is 0.